The maximum absolute atomic E-state index is 10.7. The summed E-state index contributed by atoms with van der Waals surface area (Å²) in [6.45, 7) is 5.13. The third kappa shape index (κ3) is 3.52. The van der Waals surface area contributed by atoms with Crippen LogP contribution in [0.5, 0.6) is 11.5 Å². The maximum atomic E-state index is 10.7. The molecule has 0 saturated heterocycles. The standard InChI is InChI=1S/C13H16O4/c1-4-5-10-6-7-11(12(8-10)16-3)17-9(2)13(14)15/h4,6-9H,1,5H2,2-3H3,(H,14,15)/t9-/m0/s1. The molecule has 1 aromatic carbocycles. The van der Waals surface area contributed by atoms with Gasteiger partial charge in [-0.2, -0.15) is 0 Å². The van der Waals surface area contributed by atoms with Crippen molar-refractivity contribution in [2.24, 2.45) is 0 Å². The van der Waals surface area contributed by atoms with Crippen LogP contribution in [-0.2, 0) is 11.2 Å². The Kier molecular flexibility index (Phi) is 4.57. The van der Waals surface area contributed by atoms with Gasteiger partial charge in [0.2, 0.25) is 0 Å². The fraction of sp³-hybridized carbons (Fsp3) is 0.308. The van der Waals surface area contributed by atoms with E-state index in [1.54, 1.807) is 12.1 Å². The van der Waals surface area contributed by atoms with E-state index < -0.39 is 12.1 Å². The smallest absolute Gasteiger partial charge is 0.344 e. The third-order valence-corrected chi connectivity index (χ3v) is 2.26. The van der Waals surface area contributed by atoms with Crippen LogP contribution < -0.4 is 9.47 Å². The van der Waals surface area contributed by atoms with E-state index in [1.807, 2.05) is 12.1 Å². The highest BCUT2D eigenvalue weighted by molar-refractivity contribution is 5.72. The molecule has 0 unspecified atom stereocenters. The summed E-state index contributed by atoms with van der Waals surface area (Å²) in [4.78, 5) is 10.7. The summed E-state index contributed by atoms with van der Waals surface area (Å²) < 4.78 is 10.4. The Labute approximate surface area is 100 Å². The van der Waals surface area contributed by atoms with Crippen molar-refractivity contribution in [1.29, 1.82) is 0 Å². The van der Waals surface area contributed by atoms with E-state index in [9.17, 15) is 4.79 Å². The Hall–Kier alpha value is -1.97. The zero-order valence-electron chi connectivity index (χ0n) is 9.97. The number of ether oxygens (including phenoxy) is 2. The molecule has 1 rings (SSSR count). The molecule has 17 heavy (non-hydrogen) atoms. The van der Waals surface area contributed by atoms with Gasteiger partial charge in [0.1, 0.15) is 0 Å². The van der Waals surface area contributed by atoms with Crippen LogP contribution in [0, 0.1) is 0 Å². The first-order chi connectivity index (χ1) is 8.08. The summed E-state index contributed by atoms with van der Waals surface area (Å²) in [6.07, 6.45) is 1.61. The van der Waals surface area contributed by atoms with Gasteiger partial charge in [-0.05, 0) is 31.0 Å². The van der Waals surface area contributed by atoms with E-state index in [4.69, 9.17) is 14.6 Å². The van der Waals surface area contributed by atoms with E-state index in [1.165, 1.54) is 14.0 Å². The van der Waals surface area contributed by atoms with E-state index in [2.05, 4.69) is 6.58 Å². The minimum absolute atomic E-state index is 0.426. The lowest BCUT2D eigenvalue weighted by Crippen LogP contribution is -2.23. The number of hydrogen-bond donors (Lipinski definition) is 1. The number of benzene rings is 1. The highest BCUT2D eigenvalue weighted by atomic mass is 16.5. The molecule has 1 atom stereocenters. The zero-order valence-corrected chi connectivity index (χ0v) is 9.97. The summed E-state index contributed by atoms with van der Waals surface area (Å²) in [7, 11) is 1.52. The SMILES string of the molecule is C=CCc1ccc(O[C@@H](C)C(=O)O)c(OC)c1. The van der Waals surface area contributed by atoms with Gasteiger partial charge in [0.25, 0.3) is 0 Å². The third-order valence-electron chi connectivity index (χ3n) is 2.26. The number of methoxy groups -OCH3 is 1. The molecule has 92 valence electrons. The largest absolute Gasteiger partial charge is 0.493 e. The Balaban J connectivity index is 2.92. The second-order valence-electron chi connectivity index (χ2n) is 3.58. The lowest BCUT2D eigenvalue weighted by molar-refractivity contribution is -0.144. The topological polar surface area (TPSA) is 55.8 Å². The van der Waals surface area contributed by atoms with Gasteiger partial charge in [-0.25, -0.2) is 4.79 Å². The number of allylic oxidation sites excluding steroid dienone is 1. The summed E-state index contributed by atoms with van der Waals surface area (Å²) in [6, 6.07) is 5.37. The van der Waals surface area contributed by atoms with Gasteiger partial charge in [0.15, 0.2) is 17.6 Å². The molecule has 0 aromatic heterocycles. The minimum atomic E-state index is -1.01. The Bertz CT molecular complexity index is 412. The monoisotopic (exact) mass is 236 g/mol. The van der Waals surface area contributed by atoms with Crippen molar-refractivity contribution >= 4 is 5.97 Å². The Morgan fingerprint density at radius 2 is 2.24 bits per heavy atom. The van der Waals surface area contributed by atoms with E-state index in [0.717, 1.165) is 12.0 Å². The van der Waals surface area contributed by atoms with Crippen molar-refractivity contribution in [2.45, 2.75) is 19.4 Å². The number of carboxylic acids is 1. The molecule has 1 N–H and O–H groups in total. The summed E-state index contributed by atoms with van der Waals surface area (Å²) in [5.74, 6) is -0.0603. The fourth-order valence-corrected chi connectivity index (χ4v) is 1.34. The molecule has 0 fully saturated rings. The second kappa shape index (κ2) is 5.94. The number of hydrogen-bond acceptors (Lipinski definition) is 3. The molecule has 0 amide bonds. The van der Waals surface area contributed by atoms with Crippen molar-refractivity contribution in [2.75, 3.05) is 7.11 Å². The minimum Gasteiger partial charge on any atom is -0.493 e. The lowest BCUT2D eigenvalue weighted by atomic mass is 10.1. The lowest BCUT2D eigenvalue weighted by Gasteiger charge is -2.14. The highest BCUT2D eigenvalue weighted by Gasteiger charge is 2.15. The van der Waals surface area contributed by atoms with Crippen LogP contribution >= 0.6 is 0 Å². The zero-order chi connectivity index (χ0) is 12.8. The molecule has 1 aromatic rings. The van der Waals surface area contributed by atoms with Gasteiger partial charge >= 0.3 is 5.97 Å². The average molecular weight is 236 g/mol. The van der Waals surface area contributed by atoms with E-state index in [0.29, 0.717) is 11.5 Å². The van der Waals surface area contributed by atoms with Crippen LogP contribution in [0.25, 0.3) is 0 Å². The van der Waals surface area contributed by atoms with Gasteiger partial charge in [0, 0.05) is 0 Å². The first-order valence-electron chi connectivity index (χ1n) is 5.25. The molecule has 4 nitrogen and oxygen atoms in total. The normalized spacial score (nSPS) is 11.6. The molecule has 0 aliphatic carbocycles. The molecule has 0 saturated carbocycles. The summed E-state index contributed by atoms with van der Waals surface area (Å²) in [5, 5.41) is 8.77. The fourth-order valence-electron chi connectivity index (χ4n) is 1.34. The average Bonchev–Trinajstić information content (AvgIpc) is 2.31. The van der Waals surface area contributed by atoms with Gasteiger partial charge in [-0.1, -0.05) is 12.1 Å². The van der Waals surface area contributed by atoms with Crippen molar-refractivity contribution in [1.82, 2.24) is 0 Å². The molecule has 0 heterocycles. The molecular weight excluding hydrogens is 220 g/mol. The number of carbonyl (C=O) groups is 1. The van der Waals surface area contributed by atoms with Crippen molar-refractivity contribution in [3.05, 3.63) is 36.4 Å². The molecule has 4 heteroatoms. The molecular formula is C13H16O4. The Morgan fingerprint density at radius 1 is 1.53 bits per heavy atom. The molecule has 0 spiro atoms. The molecule has 0 aliphatic rings. The number of aliphatic carboxylic acids is 1. The predicted molar refractivity (Wildman–Crippen MR) is 64.6 cm³/mol. The predicted octanol–water partition coefficient (Wildman–Crippen LogP) is 2.28. The van der Waals surface area contributed by atoms with E-state index in [-0.39, 0.29) is 0 Å². The number of rotatable bonds is 6. The quantitative estimate of drug-likeness (QED) is 0.770. The van der Waals surface area contributed by atoms with Crippen molar-refractivity contribution < 1.29 is 19.4 Å². The van der Waals surface area contributed by atoms with E-state index >= 15 is 0 Å². The Morgan fingerprint density at radius 3 is 2.76 bits per heavy atom. The van der Waals surface area contributed by atoms with Crippen LogP contribution in [0.3, 0.4) is 0 Å². The summed E-state index contributed by atoms with van der Waals surface area (Å²) >= 11 is 0. The molecule has 0 radical (unpaired) electrons. The van der Waals surface area contributed by atoms with Gasteiger partial charge in [-0.15, -0.1) is 6.58 Å². The van der Waals surface area contributed by atoms with Gasteiger partial charge < -0.3 is 14.6 Å². The summed E-state index contributed by atoms with van der Waals surface area (Å²) in [5.41, 5.74) is 1.03. The van der Waals surface area contributed by atoms with Crippen LogP contribution in [-0.4, -0.2) is 24.3 Å². The van der Waals surface area contributed by atoms with Crippen molar-refractivity contribution in [3.63, 3.8) is 0 Å². The number of carboxylic acid groups (broad SMARTS) is 1. The first-order valence-corrected chi connectivity index (χ1v) is 5.25. The first kappa shape index (κ1) is 13.1. The second-order valence-corrected chi connectivity index (χ2v) is 3.58. The van der Waals surface area contributed by atoms with Gasteiger partial charge in [0.05, 0.1) is 7.11 Å². The van der Waals surface area contributed by atoms with Crippen LogP contribution in [0.1, 0.15) is 12.5 Å². The van der Waals surface area contributed by atoms with Crippen LogP contribution in [0.15, 0.2) is 30.9 Å². The van der Waals surface area contributed by atoms with Crippen molar-refractivity contribution in [3.8, 4) is 11.5 Å². The molecule has 0 aliphatic heterocycles. The highest BCUT2D eigenvalue weighted by Crippen LogP contribution is 2.29. The molecule has 0 bridgehead atoms. The van der Waals surface area contributed by atoms with Gasteiger partial charge in [-0.3, -0.25) is 0 Å². The van der Waals surface area contributed by atoms with Crippen LogP contribution in [0.4, 0.5) is 0 Å². The maximum Gasteiger partial charge on any atom is 0.344 e. The van der Waals surface area contributed by atoms with Crippen LogP contribution in [0.2, 0.25) is 0 Å².